The smallest absolute Gasteiger partial charge is 0.249 e. The van der Waals surface area contributed by atoms with Crippen molar-refractivity contribution in [2.75, 3.05) is 7.11 Å². The molecule has 0 fully saturated rings. The fraction of sp³-hybridized carbons (Fsp3) is 0.385. The van der Waals surface area contributed by atoms with Gasteiger partial charge in [0.2, 0.25) is 5.70 Å². The summed E-state index contributed by atoms with van der Waals surface area (Å²) < 4.78 is 5.08. The molecule has 0 aromatic heterocycles. The summed E-state index contributed by atoms with van der Waals surface area (Å²) in [5.74, 6) is 0.695. The predicted octanol–water partition coefficient (Wildman–Crippen LogP) is 3.12. The molecule has 0 radical (unpaired) electrons. The molecule has 0 saturated heterocycles. The minimum Gasteiger partial charge on any atom is -0.497 e. The molecule has 2 rings (SSSR count). The van der Waals surface area contributed by atoms with Gasteiger partial charge in [-0.15, -0.1) is 0 Å². The number of nitro groups is 1. The molecule has 1 aliphatic rings. The molecular weight excluding hydrogens is 218 g/mol. The minimum atomic E-state index is -0.256. The second-order valence-electron chi connectivity index (χ2n) is 4.14. The second-order valence-corrected chi connectivity index (χ2v) is 4.14. The summed E-state index contributed by atoms with van der Waals surface area (Å²) in [6.45, 7) is 0. The van der Waals surface area contributed by atoms with Crippen molar-refractivity contribution >= 4 is 0 Å². The van der Waals surface area contributed by atoms with Crippen LogP contribution in [0, 0.1) is 10.1 Å². The molecule has 0 spiro atoms. The topological polar surface area (TPSA) is 52.4 Å². The Morgan fingerprint density at radius 2 is 2.06 bits per heavy atom. The first kappa shape index (κ1) is 11.6. The van der Waals surface area contributed by atoms with Gasteiger partial charge in [-0.25, -0.2) is 0 Å². The van der Waals surface area contributed by atoms with Gasteiger partial charge in [0.15, 0.2) is 0 Å². The van der Waals surface area contributed by atoms with E-state index in [1.165, 1.54) is 0 Å². The van der Waals surface area contributed by atoms with E-state index in [1.54, 1.807) is 13.2 Å². The number of methoxy groups -OCH3 is 1. The highest BCUT2D eigenvalue weighted by molar-refractivity contribution is 5.33. The van der Waals surface area contributed by atoms with Crippen molar-refractivity contribution in [2.24, 2.45) is 0 Å². The lowest BCUT2D eigenvalue weighted by atomic mass is 9.86. The zero-order valence-electron chi connectivity index (χ0n) is 9.76. The molecule has 0 amide bonds. The number of hydrogen-bond donors (Lipinski definition) is 0. The maximum absolute atomic E-state index is 11.0. The van der Waals surface area contributed by atoms with Crippen LogP contribution in [0.5, 0.6) is 5.75 Å². The van der Waals surface area contributed by atoms with Crippen molar-refractivity contribution < 1.29 is 9.66 Å². The van der Waals surface area contributed by atoms with Crippen LogP contribution in [0.25, 0.3) is 0 Å². The van der Waals surface area contributed by atoms with Crippen LogP contribution in [0.3, 0.4) is 0 Å². The lowest BCUT2D eigenvalue weighted by Gasteiger charge is -2.18. The summed E-state index contributed by atoms with van der Waals surface area (Å²) in [4.78, 5) is 10.7. The molecule has 1 unspecified atom stereocenters. The molecule has 0 aliphatic heterocycles. The van der Waals surface area contributed by atoms with Gasteiger partial charge in [-0.3, -0.25) is 10.1 Å². The zero-order valence-corrected chi connectivity index (χ0v) is 9.76. The van der Waals surface area contributed by atoms with Gasteiger partial charge in [0, 0.05) is 0 Å². The molecule has 17 heavy (non-hydrogen) atoms. The molecule has 0 N–H and O–H groups in total. The fourth-order valence-corrected chi connectivity index (χ4v) is 2.24. The van der Waals surface area contributed by atoms with E-state index in [1.807, 2.05) is 24.3 Å². The maximum Gasteiger partial charge on any atom is 0.249 e. The Labute approximate surface area is 100 Å². The molecule has 90 valence electrons. The molecule has 4 nitrogen and oxygen atoms in total. The Balaban J connectivity index is 2.28. The Hall–Kier alpha value is -1.84. The first-order valence-electron chi connectivity index (χ1n) is 5.71. The third kappa shape index (κ3) is 2.46. The van der Waals surface area contributed by atoms with E-state index in [4.69, 9.17) is 4.74 Å². The van der Waals surface area contributed by atoms with Crippen LogP contribution in [0.4, 0.5) is 0 Å². The SMILES string of the molecule is COc1ccc(C2CCCC=C2[N+](=O)[O-])cc1. The summed E-state index contributed by atoms with van der Waals surface area (Å²) >= 11 is 0. The van der Waals surface area contributed by atoms with Crippen molar-refractivity contribution in [3.8, 4) is 5.75 Å². The van der Waals surface area contributed by atoms with E-state index in [0.29, 0.717) is 5.70 Å². The van der Waals surface area contributed by atoms with E-state index in [0.717, 1.165) is 30.6 Å². The van der Waals surface area contributed by atoms with Crippen LogP contribution in [0.1, 0.15) is 30.7 Å². The second kappa shape index (κ2) is 4.99. The Kier molecular flexibility index (Phi) is 3.42. The van der Waals surface area contributed by atoms with Crippen molar-refractivity contribution in [3.05, 3.63) is 51.7 Å². The van der Waals surface area contributed by atoms with Gasteiger partial charge in [0.05, 0.1) is 18.0 Å². The van der Waals surface area contributed by atoms with Crippen LogP contribution in [-0.2, 0) is 0 Å². The number of allylic oxidation sites excluding steroid dienone is 2. The van der Waals surface area contributed by atoms with Crippen LogP contribution in [0.2, 0.25) is 0 Å². The van der Waals surface area contributed by atoms with Crippen molar-refractivity contribution in [3.63, 3.8) is 0 Å². The zero-order chi connectivity index (χ0) is 12.3. The molecule has 1 aromatic carbocycles. The minimum absolute atomic E-state index is 0.0790. The van der Waals surface area contributed by atoms with Crippen molar-refractivity contribution in [1.82, 2.24) is 0 Å². The molecule has 1 aliphatic carbocycles. The highest BCUT2D eigenvalue weighted by Crippen LogP contribution is 2.34. The molecule has 0 heterocycles. The molecular formula is C13H15NO3. The molecule has 4 heteroatoms. The molecule has 0 saturated carbocycles. The lowest BCUT2D eigenvalue weighted by Crippen LogP contribution is -2.13. The van der Waals surface area contributed by atoms with Crippen LogP contribution < -0.4 is 4.74 Å². The summed E-state index contributed by atoms with van der Waals surface area (Å²) in [7, 11) is 1.61. The first-order valence-corrected chi connectivity index (χ1v) is 5.71. The Morgan fingerprint density at radius 1 is 1.35 bits per heavy atom. The van der Waals surface area contributed by atoms with E-state index in [9.17, 15) is 10.1 Å². The van der Waals surface area contributed by atoms with Gasteiger partial charge in [0.1, 0.15) is 5.75 Å². The number of nitrogens with zero attached hydrogens (tertiary/aromatic N) is 1. The third-order valence-electron chi connectivity index (χ3n) is 3.14. The first-order chi connectivity index (χ1) is 8.22. The van der Waals surface area contributed by atoms with E-state index in [2.05, 4.69) is 0 Å². The number of ether oxygens (including phenoxy) is 1. The van der Waals surface area contributed by atoms with E-state index < -0.39 is 0 Å². The van der Waals surface area contributed by atoms with Gasteiger partial charge < -0.3 is 4.74 Å². The maximum atomic E-state index is 11.0. The highest BCUT2D eigenvalue weighted by Gasteiger charge is 2.28. The monoisotopic (exact) mass is 233 g/mol. The normalized spacial score (nSPS) is 19.6. The summed E-state index contributed by atoms with van der Waals surface area (Å²) in [5, 5.41) is 11.0. The molecule has 1 atom stereocenters. The number of benzene rings is 1. The van der Waals surface area contributed by atoms with E-state index in [-0.39, 0.29) is 10.8 Å². The average molecular weight is 233 g/mol. The van der Waals surface area contributed by atoms with Gasteiger partial charge >= 0.3 is 0 Å². The fourth-order valence-electron chi connectivity index (χ4n) is 2.24. The van der Waals surface area contributed by atoms with Crippen LogP contribution in [-0.4, -0.2) is 12.0 Å². The van der Waals surface area contributed by atoms with E-state index >= 15 is 0 Å². The Bertz CT molecular complexity index is 436. The summed E-state index contributed by atoms with van der Waals surface area (Å²) in [5.41, 5.74) is 1.33. The summed E-state index contributed by atoms with van der Waals surface area (Å²) in [6, 6.07) is 7.52. The predicted molar refractivity (Wildman–Crippen MR) is 64.7 cm³/mol. The largest absolute Gasteiger partial charge is 0.497 e. The molecule has 0 bridgehead atoms. The van der Waals surface area contributed by atoms with Gasteiger partial charge in [-0.1, -0.05) is 12.1 Å². The van der Waals surface area contributed by atoms with Crippen molar-refractivity contribution in [2.45, 2.75) is 25.2 Å². The van der Waals surface area contributed by atoms with Gasteiger partial charge in [0.25, 0.3) is 0 Å². The van der Waals surface area contributed by atoms with Crippen molar-refractivity contribution in [1.29, 1.82) is 0 Å². The Morgan fingerprint density at radius 3 is 2.65 bits per heavy atom. The lowest BCUT2D eigenvalue weighted by molar-refractivity contribution is -0.431. The van der Waals surface area contributed by atoms with Gasteiger partial charge in [-0.2, -0.15) is 0 Å². The number of rotatable bonds is 3. The molecule has 1 aromatic rings. The highest BCUT2D eigenvalue weighted by atomic mass is 16.6. The standard InChI is InChI=1S/C13H15NO3/c1-17-11-8-6-10(7-9-11)12-4-2-3-5-13(12)14(15)16/h5-9,12H,2-4H2,1H3. The van der Waals surface area contributed by atoms with Gasteiger partial charge in [-0.05, 0) is 43.0 Å². The average Bonchev–Trinajstić information content (AvgIpc) is 2.39. The third-order valence-corrected chi connectivity index (χ3v) is 3.14. The van der Waals surface area contributed by atoms with Crippen LogP contribution in [0.15, 0.2) is 36.0 Å². The number of hydrogen-bond acceptors (Lipinski definition) is 3. The quantitative estimate of drug-likeness (QED) is 0.595. The summed E-state index contributed by atoms with van der Waals surface area (Å²) in [6.07, 6.45) is 4.41. The van der Waals surface area contributed by atoms with Crippen LogP contribution >= 0.6 is 0 Å².